The summed E-state index contributed by atoms with van der Waals surface area (Å²) in [6, 6.07) is 5.62. The smallest absolute Gasteiger partial charge is 0.857 e. The molecule has 3 aromatic rings. The third-order valence-electron chi connectivity index (χ3n) is 2.28. The van der Waals surface area contributed by atoms with Crippen molar-refractivity contribution in [3.63, 3.8) is 0 Å². The molecule has 3 rings (SSSR count). The van der Waals surface area contributed by atoms with Gasteiger partial charge in [0, 0.05) is 44.3 Å². The summed E-state index contributed by atoms with van der Waals surface area (Å²) in [6.07, 6.45) is 10.7. The van der Waals surface area contributed by atoms with Gasteiger partial charge in [-0.1, -0.05) is 0 Å². The molecule has 0 unspecified atom stereocenters. The summed E-state index contributed by atoms with van der Waals surface area (Å²) < 4.78 is 38.2. The molecule has 147 valence electrons. The number of nitrogens with zero attached hydrogens (tertiary/aromatic N) is 6. The maximum absolute atomic E-state index is 8.63. The van der Waals surface area contributed by atoms with Gasteiger partial charge in [0.1, 0.15) is 0 Å². The quantitative estimate of drug-likeness (QED) is 0.365. The van der Waals surface area contributed by atoms with E-state index in [-0.39, 0.29) is 23.1 Å². The Morgan fingerprint density at radius 1 is 0.846 bits per heavy atom. The van der Waals surface area contributed by atoms with E-state index in [0.717, 1.165) is 14.2 Å². The zero-order chi connectivity index (χ0) is 19.3. The van der Waals surface area contributed by atoms with Crippen LogP contribution >= 0.6 is 0 Å². The molecule has 3 heterocycles. The van der Waals surface area contributed by atoms with Crippen molar-refractivity contribution in [2.75, 3.05) is 14.2 Å². The van der Waals surface area contributed by atoms with Crippen LogP contribution in [0.25, 0.3) is 0 Å². The Hall–Kier alpha value is -2.07. The van der Waals surface area contributed by atoms with Gasteiger partial charge >= 0.3 is 16.8 Å². The molecule has 0 fully saturated rings. The molecule has 0 aliphatic rings. The monoisotopic (exact) mass is 433 g/mol. The van der Waals surface area contributed by atoms with Crippen molar-refractivity contribution in [1.82, 2.24) is 29.3 Å². The van der Waals surface area contributed by atoms with E-state index in [1.165, 1.54) is 0 Å². The van der Waals surface area contributed by atoms with Gasteiger partial charge in [0.25, 0.3) is 0 Å². The molecule has 0 amide bonds. The van der Waals surface area contributed by atoms with Crippen LogP contribution in [0.3, 0.4) is 0 Å². The van der Waals surface area contributed by atoms with Crippen molar-refractivity contribution in [2.45, 2.75) is 6.29 Å². The van der Waals surface area contributed by atoms with Gasteiger partial charge in [0.2, 0.25) is 16.7 Å². The van der Waals surface area contributed by atoms with Crippen LogP contribution in [0.5, 0.6) is 0 Å². The van der Waals surface area contributed by atoms with E-state index >= 15 is 0 Å². The number of aliphatic hydroxyl groups excluding tert-OH is 1. The van der Waals surface area contributed by atoms with Gasteiger partial charge in [-0.3, -0.25) is 4.55 Å². The van der Waals surface area contributed by atoms with Gasteiger partial charge in [0.05, 0.1) is 0 Å². The normalized spacial score (nSPS) is 9.50. The van der Waals surface area contributed by atoms with E-state index in [0.29, 0.717) is 0 Å². The van der Waals surface area contributed by atoms with Gasteiger partial charge in [-0.2, -0.15) is 22.4 Å². The van der Waals surface area contributed by atoms with E-state index in [2.05, 4.69) is 15.3 Å². The first kappa shape index (κ1) is 26.2. The minimum absolute atomic E-state index is 0. The van der Waals surface area contributed by atoms with Gasteiger partial charge in [-0.15, -0.1) is 0 Å². The Morgan fingerprint density at radius 3 is 1.23 bits per heavy atom. The summed E-state index contributed by atoms with van der Waals surface area (Å²) in [5.41, 5.74) is 0. The molecule has 0 bridgehead atoms. The maximum Gasteiger partial charge on any atom is 2.00 e. The maximum atomic E-state index is 8.63. The van der Waals surface area contributed by atoms with Gasteiger partial charge in [-0.05, 0) is 18.2 Å². The van der Waals surface area contributed by atoms with Crippen LogP contribution < -0.4 is 5.11 Å². The molecule has 1 radical (unpaired) electrons. The molecule has 0 spiro atoms. The third-order valence-corrected chi connectivity index (χ3v) is 2.28. The van der Waals surface area contributed by atoms with Crippen molar-refractivity contribution < 1.29 is 44.5 Å². The first-order valence-corrected chi connectivity index (χ1v) is 7.83. The Labute approximate surface area is 160 Å². The van der Waals surface area contributed by atoms with Crippen molar-refractivity contribution in [2.24, 2.45) is 0 Å². The van der Waals surface area contributed by atoms with Crippen molar-refractivity contribution in [1.29, 1.82) is 0 Å². The predicted molar refractivity (Wildman–Crippen MR) is 82.9 cm³/mol. The topological polar surface area (TPSA) is 174 Å². The van der Waals surface area contributed by atoms with Gasteiger partial charge in [-0.25, -0.2) is 22.5 Å². The molecule has 3 aromatic heterocycles. The fraction of sp³-hybridized carbons (Fsp3) is 0.250. The molecule has 0 aromatic carbocycles. The Morgan fingerprint density at radius 2 is 1.08 bits per heavy atom. The number of hydrogen-bond acceptors (Lipinski definition) is 8. The van der Waals surface area contributed by atoms with E-state index in [1.54, 1.807) is 32.6 Å². The summed E-state index contributed by atoms with van der Waals surface area (Å²) >= 11 is 0. The molecule has 0 aliphatic carbocycles. The standard InChI is InChI=1S/C10H10N6.CH4O.CH3O.Co.H2O4S/c1-4-11-14(7-1)10(15-8-2-5-12-15)16-9-3-6-13-16;2*1-2;;1-5(2,3)4/h1-10H;2H,1H3;1H3;;(H2,1,2,3,4)/q;;-1;+2;/p-1. The van der Waals surface area contributed by atoms with Gasteiger partial charge in [0.15, 0.2) is 0 Å². The van der Waals surface area contributed by atoms with E-state index in [1.807, 2.05) is 36.8 Å². The van der Waals surface area contributed by atoms with Crippen molar-refractivity contribution in [3.8, 4) is 0 Å². The molecule has 0 atom stereocenters. The SMILES string of the molecule is CO.C[O-].O=S(=O)([O-])O.[Co+2].c1cnn(C(n2cccn2)n2cccn2)c1. The van der Waals surface area contributed by atoms with Crippen LogP contribution in [0.4, 0.5) is 0 Å². The van der Waals surface area contributed by atoms with Crippen LogP contribution in [0, 0.1) is 0 Å². The Bertz CT molecular complexity index is 659. The minimum atomic E-state index is -4.92. The average Bonchev–Trinajstić information content (AvgIpc) is 3.35. The molecule has 2 N–H and O–H groups in total. The van der Waals surface area contributed by atoms with Crippen LogP contribution in [0.2, 0.25) is 0 Å². The summed E-state index contributed by atoms with van der Waals surface area (Å²) in [5.74, 6) is 0. The molecule has 12 nitrogen and oxygen atoms in total. The van der Waals surface area contributed by atoms with Crippen LogP contribution in [-0.2, 0) is 27.2 Å². The number of hydrogen-bond donors (Lipinski definition) is 2. The molecule has 0 saturated heterocycles. The van der Waals surface area contributed by atoms with Crippen LogP contribution in [0.15, 0.2) is 55.4 Å². The Kier molecular flexibility index (Phi) is 14.2. The Balaban J connectivity index is 0. The summed E-state index contributed by atoms with van der Waals surface area (Å²) in [5, 5.41) is 27.9. The van der Waals surface area contributed by atoms with Crippen LogP contribution in [-0.4, -0.2) is 66.2 Å². The van der Waals surface area contributed by atoms with Gasteiger partial charge < -0.3 is 14.8 Å². The fourth-order valence-corrected chi connectivity index (χ4v) is 1.62. The second kappa shape index (κ2) is 14.1. The second-order valence-electron chi connectivity index (χ2n) is 3.73. The van der Waals surface area contributed by atoms with E-state index in [4.69, 9.17) is 27.7 Å². The summed E-state index contributed by atoms with van der Waals surface area (Å²) in [4.78, 5) is 0. The zero-order valence-electron chi connectivity index (χ0n) is 13.7. The minimum Gasteiger partial charge on any atom is -0.857 e. The van der Waals surface area contributed by atoms with Crippen molar-refractivity contribution >= 4 is 10.4 Å². The third kappa shape index (κ3) is 10.0. The fourth-order valence-electron chi connectivity index (χ4n) is 1.62. The average molecular weight is 433 g/mol. The zero-order valence-corrected chi connectivity index (χ0v) is 15.6. The molecule has 0 saturated carbocycles. The van der Waals surface area contributed by atoms with E-state index < -0.39 is 10.4 Å². The molecular formula is C12H18CoN6O6S. The molecular weight excluding hydrogens is 415 g/mol. The predicted octanol–water partition coefficient (Wildman–Crippen LogP) is -1.58. The number of aromatic nitrogens is 6. The summed E-state index contributed by atoms with van der Waals surface area (Å²) in [7, 11) is -3.17. The number of aliphatic hydroxyl groups is 1. The summed E-state index contributed by atoms with van der Waals surface area (Å²) in [6.45, 7) is 0. The molecule has 0 aliphatic heterocycles. The largest absolute Gasteiger partial charge is 2.00 e. The first-order chi connectivity index (χ1) is 11.9. The van der Waals surface area contributed by atoms with Crippen molar-refractivity contribution in [3.05, 3.63) is 55.4 Å². The number of rotatable bonds is 3. The van der Waals surface area contributed by atoms with Crippen LogP contribution in [0.1, 0.15) is 6.29 Å². The second-order valence-corrected chi connectivity index (χ2v) is 4.59. The molecule has 26 heavy (non-hydrogen) atoms. The molecule has 14 heteroatoms. The first-order valence-electron chi connectivity index (χ1n) is 6.46. The van der Waals surface area contributed by atoms with E-state index in [9.17, 15) is 0 Å².